The molecule has 0 saturated heterocycles. The van der Waals surface area contributed by atoms with E-state index in [-0.39, 0.29) is 0 Å². The molecule has 0 aliphatic heterocycles. The van der Waals surface area contributed by atoms with Gasteiger partial charge in [-0.25, -0.2) is 0 Å². The molecule has 0 amide bonds. The molecule has 0 aliphatic rings. The van der Waals surface area contributed by atoms with Crippen LogP contribution < -0.4 is 5.73 Å². The van der Waals surface area contributed by atoms with Crippen LogP contribution in [0.5, 0.6) is 0 Å². The zero-order chi connectivity index (χ0) is 11.8. The molecule has 0 heterocycles. The van der Waals surface area contributed by atoms with E-state index in [2.05, 4.69) is 26.0 Å². The highest BCUT2D eigenvalue weighted by atomic mass is 32.2. The molecule has 16 heavy (non-hydrogen) atoms. The lowest BCUT2D eigenvalue weighted by Gasteiger charge is -2.04. The Bertz CT molecular complexity index is 279. The van der Waals surface area contributed by atoms with Crippen LogP contribution >= 0.6 is 11.8 Å². The Morgan fingerprint density at radius 3 is 2.38 bits per heavy atom. The summed E-state index contributed by atoms with van der Waals surface area (Å²) in [7, 11) is 0. The molecule has 0 atom stereocenters. The van der Waals surface area contributed by atoms with E-state index in [0.717, 1.165) is 11.6 Å². The maximum atomic E-state index is 5.64. The first-order valence-corrected chi connectivity index (χ1v) is 7.15. The first-order chi connectivity index (χ1) is 7.68. The van der Waals surface area contributed by atoms with E-state index in [1.807, 2.05) is 23.9 Å². The van der Waals surface area contributed by atoms with E-state index < -0.39 is 0 Å². The molecule has 0 fully saturated rings. The van der Waals surface area contributed by atoms with E-state index in [1.54, 1.807) is 0 Å². The molecule has 0 radical (unpaired) electrons. The summed E-state index contributed by atoms with van der Waals surface area (Å²) in [6.45, 7) is 4.59. The predicted molar refractivity (Wildman–Crippen MR) is 74.9 cm³/mol. The van der Waals surface area contributed by atoms with Crippen LogP contribution in [0.25, 0.3) is 0 Å². The summed E-state index contributed by atoms with van der Waals surface area (Å²) >= 11 is 1.93. The summed E-state index contributed by atoms with van der Waals surface area (Å²) in [6.07, 6.45) is 5.43. The van der Waals surface area contributed by atoms with Crippen molar-refractivity contribution in [1.29, 1.82) is 0 Å². The normalized spacial score (nSPS) is 10.9. The highest BCUT2D eigenvalue weighted by Gasteiger charge is 1.96. The summed E-state index contributed by atoms with van der Waals surface area (Å²) < 4.78 is 0. The van der Waals surface area contributed by atoms with Crippen molar-refractivity contribution < 1.29 is 0 Å². The molecule has 0 aromatic heterocycles. The summed E-state index contributed by atoms with van der Waals surface area (Å²) in [6, 6.07) is 8.16. The number of hydrogen-bond acceptors (Lipinski definition) is 2. The van der Waals surface area contributed by atoms with Crippen molar-refractivity contribution >= 4 is 17.4 Å². The van der Waals surface area contributed by atoms with E-state index in [9.17, 15) is 0 Å². The highest BCUT2D eigenvalue weighted by Crippen LogP contribution is 2.21. The average molecular weight is 237 g/mol. The maximum absolute atomic E-state index is 5.64. The van der Waals surface area contributed by atoms with Crippen LogP contribution in [0, 0.1) is 5.92 Å². The van der Waals surface area contributed by atoms with Gasteiger partial charge in [0.1, 0.15) is 0 Å². The summed E-state index contributed by atoms with van der Waals surface area (Å²) in [4.78, 5) is 1.33. The van der Waals surface area contributed by atoms with Crippen molar-refractivity contribution in [2.75, 3.05) is 11.5 Å². The second kappa shape index (κ2) is 7.61. The van der Waals surface area contributed by atoms with Gasteiger partial charge in [-0.15, -0.1) is 11.8 Å². The number of nitrogen functional groups attached to an aromatic ring is 1. The molecular weight excluding hydrogens is 214 g/mol. The molecular formula is C14H23NS. The Morgan fingerprint density at radius 2 is 1.75 bits per heavy atom. The van der Waals surface area contributed by atoms with Gasteiger partial charge in [0.2, 0.25) is 0 Å². The first-order valence-electron chi connectivity index (χ1n) is 6.17. The highest BCUT2D eigenvalue weighted by molar-refractivity contribution is 7.99. The van der Waals surface area contributed by atoms with E-state index in [1.165, 1.54) is 36.3 Å². The van der Waals surface area contributed by atoms with Gasteiger partial charge < -0.3 is 5.73 Å². The molecule has 0 saturated carbocycles. The fourth-order valence-electron chi connectivity index (χ4n) is 1.59. The lowest BCUT2D eigenvalue weighted by atomic mass is 10.1. The maximum Gasteiger partial charge on any atom is 0.0314 e. The van der Waals surface area contributed by atoms with Crippen molar-refractivity contribution in [2.24, 2.45) is 5.92 Å². The van der Waals surface area contributed by atoms with Crippen molar-refractivity contribution in [1.82, 2.24) is 0 Å². The summed E-state index contributed by atoms with van der Waals surface area (Å²) in [5.41, 5.74) is 6.49. The SMILES string of the molecule is CC(C)CCCCCSc1ccc(N)cc1. The third-order valence-corrected chi connectivity index (χ3v) is 3.67. The first kappa shape index (κ1) is 13.4. The van der Waals surface area contributed by atoms with Gasteiger partial charge in [-0.05, 0) is 42.4 Å². The van der Waals surface area contributed by atoms with Crippen LogP contribution in [0.2, 0.25) is 0 Å². The van der Waals surface area contributed by atoms with Crippen LogP contribution in [0.15, 0.2) is 29.2 Å². The van der Waals surface area contributed by atoms with Gasteiger partial charge in [0.05, 0.1) is 0 Å². The molecule has 2 heteroatoms. The standard InChI is InChI=1S/C14H23NS/c1-12(2)6-4-3-5-11-16-14-9-7-13(15)8-10-14/h7-10,12H,3-6,11,15H2,1-2H3. The van der Waals surface area contributed by atoms with Crippen LogP contribution in [0.1, 0.15) is 39.5 Å². The van der Waals surface area contributed by atoms with Crippen molar-refractivity contribution in [3.63, 3.8) is 0 Å². The van der Waals surface area contributed by atoms with Crippen LogP contribution in [-0.2, 0) is 0 Å². The Labute approximate surface area is 104 Å². The summed E-state index contributed by atoms with van der Waals surface area (Å²) in [5.74, 6) is 2.08. The van der Waals surface area contributed by atoms with Gasteiger partial charge in [0.15, 0.2) is 0 Å². The Balaban J connectivity index is 2.05. The van der Waals surface area contributed by atoms with Crippen LogP contribution in [-0.4, -0.2) is 5.75 Å². The molecule has 0 aliphatic carbocycles. The fourth-order valence-corrected chi connectivity index (χ4v) is 2.50. The quantitative estimate of drug-likeness (QED) is 0.427. The lowest BCUT2D eigenvalue weighted by molar-refractivity contribution is 0.535. The van der Waals surface area contributed by atoms with Gasteiger partial charge in [-0.3, -0.25) is 0 Å². The zero-order valence-electron chi connectivity index (χ0n) is 10.4. The number of benzene rings is 1. The topological polar surface area (TPSA) is 26.0 Å². The van der Waals surface area contributed by atoms with E-state index >= 15 is 0 Å². The smallest absolute Gasteiger partial charge is 0.0314 e. The van der Waals surface area contributed by atoms with Gasteiger partial charge in [-0.2, -0.15) is 0 Å². The molecule has 1 aromatic rings. The minimum absolute atomic E-state index is 0.848. The van der Waals surface area contributed by atoms with Gasteiger partial charge in [0.25, 0.3) is 0 Å². The number of thioether (sulfide) groups is 1. The molecule has 1 nitrogen and oxygen atoms in total. The van der Waals surface area contributed by atoms with Crippen molar-refractivity contribution in [3.05, 3.63) is 24.3 Å². The second-order valence-electron chi connectivity index (χ2n) is 4.66. The average Bonchev–Trinajstić information content (AvgIpc) is 2.25. The lowest BCUT2D eigenvalue weighted by Crippen LogP contribution is -1.88. The fraction of sp³-hybridized carbons (Fsp3) is 0.571. The van der Waals surface area contributed by atoms with E-state index in [4.69, 9.17) is 5.73 Å². The van der Waals surface area contributed by atoms with Gasteiger partial charge in [0, 0.05) is 10.6 Å². The Hall–Kier alpha value is -0.630. The van der Waals surface area contributed by atoms with Crippen LogP contribution in [0.4, 0.5) is 5.69 Å². The number of rotatable bonds is 7. The number of nitrogens with two attached hydrogens (primary N) is 1. The Morgan fingerprint density at radius 1 is 1.06 bits per heavy atom. The second-order valence-corrected chi connectivity index (χ2v) is 5.83. The van der Waals surface area contributed by atoms with Gasteiger partial charge >= 0.3 is 0 Å². The molecule has 90 valence electrons. The van der Waals surface area contributed by atoms with Crippen LogP contribution in [0.3, 0.4) is 0 Å². The molecule has 1 rings (SSSR count). The largest absolute Gasteiger partial charge is 0.399 e. The number of hydrogen-bond donors (Lipinski definition) is 1. The molecule has 0 bridgehead atoms. The third kappa shape index (κ3) is 6.06. The molecule has 0 unspecified atom stereocenters. The molecule has 2 N–H and O–H groups in total. The third-order valence-electron chi connectivity index (χ3n) is 2.57. The minimum Gasteiger partial charge on any atom is -0.399 e. The van der Waals surface area contributed by atoms with Crippen molar-refractivity contribution in [3.8, 4) is 0 Å². The van der Waals surface area contributed by atoms with E-state index in [0.29, 0.717) is 0 Å². The van der Waals surface area contributed by atoms with Crippen molar-refractivity contribution in [2.45, 2.75) is 44.4 Å². The molecule has 1 aromatic carbocycles. The number of anilines is 1. The summed E-state index contributed by atoms with van der Waals surface area (Å²) in [5, 5.41) is 0. The zero-order valence-corrected chi connectivity index (χ0v) is 11.2. The number of unbranched alkanes of at least 4 members (excludes halogenated alkanes) is 2. The predicted octanol–water partition coefficient (Wildman–Crippen LogP) is 4.58. The van der Waals surface area contributed by atoms with Gasteiger partial charge in [-0.1, -0.05) is 33.1 Å². The molecule has 0 spiro atoms. The monoisotopic (exact) mass is 237 g/mol. The minimum atomic E-state index is 0.848. The Kier molecular flexibility index (Phi) is 6.39.